The van der Waals surface area contributed by atoms with Gasteiger partial charge in [-0.15, -0.1) is 11.3 Å². The number of oxazole rings is 1. The number of thiazole rings is 1. The molecule has 5 aromatic rings. The fourth-order valence-corrected chi connectivity index (χ4v) is 4.50. The molecule has 6 rings (SSSR count). The summed E-state index contributed by atoms with van der Waals surface area (Å²) >= 11 is 1.64. The number of aromatic amines is 1. The minimum Gasteiger partial charge on any atom is -0.432 e. The third-order valence-corrected chi connectivity index (χ3v) is 6.11. The summed E-state index contributed by atoms with van der Waals surface area (Å²) in [5, 5.41) is 4.52. The van der Waals surface area contributed by atoms with Crippen LogP contribution in [0.1, 0.15) is 12.1 Å². The van der Waals surface area contributed by atoms with E-state index >= 15 is 0 Å². The summed E-state index contributed by atoms with van der Waals surface area (Å²) in [6.45, 7) is 1.64. The maximum absolute atomic E-state index is 5.40. The van der Waals surface area contributed by atoms with Gasteiger partial charge in [0.25, 0.3) is 6.01 Å². The van der Waals surface area contributed by atoms with Gasteiger partial charge in [-0.3, -0.25) is 0 Å². The Bertz CT molecular complexity index is 1370. The van der Waals surface area contributed by atoms with Gasteiger partial charge in [-0.25, -0.2) is 15.0 Å². The molecule has 0 fully saturated rings. The highest BCUT2D eigenvalue weighted by atomic mass is 32.1. The van der Waals surface area contributed by atoms with E-state index in [4.69, 9.17) is 9.40 Å². The van der Waals surface area contributed by atoms with E-state index in [0.717, 1.165) is 53.3 Å². The SMILES string of the molecule is C1=C(c2ccc3cc(Nc4ccc5ncsc5c4)[nH]c3n2)CCN(c2ncco2)C1. The second kappa shape index (κ2) is 7.00. The van der Waals surface area contributed by atoms with Crippen molar-refractivity contribution in [3.63, 3.8) is 0 Å². The Labute approximate surface area is 176 Å². The number of H-pyrrole nitrogens is 1. The largest absolute Gasteiger partial charge is 0.432 e. The predicted molar refractivity (Wildman–Crippen MR) is 120 cm³/mol. The second-order valence-corrected chi connectivity index (χ2v) is 8.10. The van der Waals surface area contributed by atoms with Crippen LogP contribution in [-0.2, 0) is 0 Å². The minimum atomic E-state index is 0.672. The van der Waals surface area contributed by atoms with E-state index in [9.17, 15) is 0 Å². The molecule has 0 saturated heterocycles. The smallest absolute Gasteiger partial charge is 0.297 e. The number of anilines is 3. The quantitative estimate of drug-likeness (QED) is 0.421. The molecule has 0 radical (unpaired) electrons. The Morgan fingerprint density at radius 1 is 1.13 bits per heavy atom. The van der Waals surface area contributed by atoms with Crippen molar-refractivity contribution in [2.75, 3.05) is 23.3 Å². The summed E-state index contributed by atoms with van der Waals surface area (Å²) in [4.78, 5) is 18.9. The summed E-state index contributed by atoms with van der Waals surface area (Å²) < 4.78 is 6.56. The number of hydrogen-bond acceptors (Lipinski definition) is 7. The van der Waals surface area contributed by atoms with Gasteiger partial charge in [0, 0.05) is 24.2 Å². The van der Waals surface area contributed by atoms with Crippen LogP contribution in [0.3, 0.4) is 0 Å². The summed E-state index contributed by atoms with van der Waals surface area (Å²) in [7, 11) is 0. The lowest BCUT2D eigenvalue weighted by atomic mass is 10.0. The molecule has 30 heavy (non-hydrogen) atoms. The molecule has 0 unspecified atom stereocenters. The van der Waals surface area contributed by atoms with Crippen LogP contribution in [0.25, 0.3) is 26.8 Å². The summed E-state index contributed by atoms with van der Waals surface area (Å²) in [6.07, 6.45) is 6.39. The first kappa shape index (κ1) is 17.2. The van der Waals surface area contributed by atoms with E-state index in [-0.39, 0.29) is 0 Å². The number of pyridine rings is 1. The van der Waals surface area contributed by atoms with E-state index in [1.165, 1.54) is 10.3 Å². The van der Waals surface area contributed by atoms with Gasteiger partial charge < -0.3 is 19.6 Å². The molecule has 148 valence electrons. The highest BCUT2D eigenvalue weighted by Gasteiger charge is 2.17. The number of benzene rings is 1. The van der Waals surface area contributed by atoms with Crippen molar-refractivity contribution < 1.29 is 4.42 Å². The van der Waals surface area contributed by atoms with Crippen molar-refractivity contribution in [3.8, 4) is 0 Å². The van der Waals surface area contributed by atoms with E-state index in [1.807, 2.05) is 17.6 Å². The van der Waals surface area contributed by atoms with Crippen LogP contribution in [0.2, 0.25) is 0 Å². The molecule has 1 aliphatic heterocycles. The second-order valence-electron chi connectivity index (χ2n) is 7.22. The molecule has 2 N–H and O–H groups in total. The number of nitrogens with zero attached hydrogens (tertiary/aromatic N) is 4. The minimum absolute atomic E-state index is 0.672. The van der Waals surface area contributed by atoms with Gasteiger partial charge >= 0.3 is 0 Å². The highest BCUT2D eigenvalue weighted by Crippen LogP contribution is 2.28. The van der Waals surface area contributed by atoms with Gasteiger partial charge in [-0.2, -0.15) is 0 Å². The van der Waals surface area contributed by atoms with Crippen LogP contribution < -0.4 is 10.2 Å². The van der Waals surface area contributed by atoms with Crippen LogP contribution in [0.5, 0.6) is 0 Å². The third kappa shape index (κ3) is 3.11. The Balaban J connectivity index is 1.24. The lowest BCUT2D eigenvalue weighted by Crippen LogP contribution is -2.28. The van der Waals surface area contributed by atoms with Gasteiger partial charge in [-0.05, 0) is 48.4 Å². The summed E-state index contributed by atoms with van der Waals surface area (Å²) in [5.74, 6) is 0.922. The van der Waals surface area contributed by atoms with Gasteiger partial charge in [-0.1, -0.05) is 6.08 Å². The van der Waals surface area contributed by atoms with Gasteiger partial charge in [0.15, 0.2) is 0 Å². The average molecular weight is 414 g/mol. The van der Waals surface area contributed by atoms with Crippen LogP contribution >= 0.6 is 11.3 Å². The number of rotatable bonds is 4. The molecule has 4 aromatic heterocycles. The molecular weight excluding hydrogens is 396 g/mol. The monoisotopic (exact) mass is 414 g/mol. The molecule has 0 spiro atoms. The zero-order chi connectivity index (χ0) is 19.9. The molecule has 0 aliphatic carbocycles. The van der Waals surface area contributed by atoms with Crippen LogP contribution in [0.15, 0.2) is 64.9 Å². The number of hydrogen-bond donors (Lipinski definition) is 2. The normalized spacial score (nSPS) is 14.4. The van der Waals surface area contributed by atoms with E-state index in [1.54, 1.807) is 23.8 Å². The fourth-order valence-electron chi connectivity index (χ4n) is 3.79. The first-order valence-corrected chi connectivity index (χ1v) is 10.6. The molecule has 5 heterocycles. The van der Waals surface area contributed by atoms with Gasteiger partial charge in [0.2, 0.25) is 0 Å². The van der Waals surface area contributed by atoms with Crippen molar-refractivity contribution in [2.24, 2.45) is 0 Å². The summed E-state index contributed by atoms with van der Waals surface area (Å²) in [5.41, 5.74) is 7.06. The molecule has 0 amide bonds. The molecule has 1 aliphatic rings. The van der Waals surface area contributed by atoms with Crippen molar-refractivity contribution in [1.29, 1.82) is 0 Å². The van der Waals surface area contributed by atoms with Crippen molar-refractivity contribution in [2.45, 2.75) is 6.42 Å². The Morgan fingerprint density at radius 3 is 3.00 bits per heavy atom. The standard InChI is InChI=1S/C22H18N6OS/c1-3-17(14-5-8-28(9-6-14)22-23-7-10-29-22)26-21-15(1)11-20(27-21)25-16-2-4-18-19(12-16)30-13-24-18/h1-5,7,10-13,25H,6,8-9H2,(H,26,27). The van der Waals surface area contributed by atoms with Crippen molar-refractivity contribution >= 4 is 55.7 Å². The highest BCUT2D eigenvalue weighted by molar-refractivity contribution is 7.16. The maximum atomic E-state index is 5.40. The maximum Gasteiger partial charge on any atom is 0.297 e. The Hall–Kier alpha value is -3.65. The van der Waals surface area contributed by atoms with Crippen molar-refractivity contribution in [3.05, 3.63) is 66.1 Å². The van der Waals surface area contributed by atoms with Crippen molar-refractivity contribution in [1.82, 2.24) is 19.9 Å². The fraction of sp³-hybridized carbons (Fsp3) is 0.136. The molecule has 7 nitrogen and oxygen atoms in total. The lowest BCUT2D eigenvalue weighted by Gasteiger charge is -2.24. The average Bonchev–Trinajstić information content (AvgIpc) is 3.53. The van der Waals surface area contributed by atoms with E-state index < -0.39 is 0 Å². The van der Waals surface area contributed by atoms with Crippen LogP contribution in [0.4, 0.5) is 17.5 Å². The molecule has 1 aromatic carbocycles. The van der Waals surface area contributed by atoms with Gasteiger partial charge in [0.05, 0.1) is 27.6 Å². The van der Waals surface area contributed by atoms with Crippen LogP contribution in [-0.4, -0.2) is 33.0 Å². The Morgan fingerprint density at radius 2 is 2.13 bits per heavy atom. The third-order valence-electron chi connectivity index (χ3n) is 5.32. The molecule has 0 bridgehead atoms. The number of nitrogens with one attached hydrogen (secondary N) is 2. The number of aromatic nitrogens is 4. The number of fused-ring (bicyclic) bond motifs is 2. The molecule has 8 heteroatoms. The van der Waals surface area contributed by atoms with Crippen LogP contribution in [0, 0.1) is 0 Å². The van der Waals surface area contributed by atoms with Gasteiger partial charge in [0.1, 0.15) is 17.7 Å². The molecular formula is C22H18N6OS. The first-order valence-electron chi connectivity index (χ1n) is 9.76. The molecule has 0 atom stereocenters. The predicted octanol–water partition coefficient (Wildman–Crippen LogP) is 5.20. The zero-order valence-electron chi connectivity index (χ0n) is 16.0. The lowest BCUT2D eigenvalue weighted by molar-refractivity contribution is 0.538. The topological polar surface area (TPSA) is 82.9 Å². The molecule has 0 saturated carbocycles. The Kier molecular flexibility index (Phi) is 4.02. The van der Waals surface area contributed by atoms with E-state index in [0.29, 0.717) is 6.01 Å². The first-order chi connectivity index (χ1) is 14.8. The zero-order valence-corrected chi connectivity index (χ0v) is 16.8. The summed E-state index contributed by atoms with van der Waals surface area (Å²) in [6, 6.07) is 13.2. The van der Waals surface area contributed by atoms with E-state index in [2.05, 4.69) is 55.5 Å².